The highest BCUT2D eigenvalue weighted by Crippen LogP contribution is 2.31. The summed E-state index contributed by atoms with van der Waals surface area (Å²) >= 11 is 0. The Morgan fingerprint density at radius 1 is 1.29 bits per heavy atom. The van der Waals surface area contributed by atoms with Crippen LogP contribution in [0.3, 0.4) is 0 Å². The van der Waals surface area contributed by atoms with E-state index in [1.807, 2.05) is 36.2 Å². The van der Waals surface area contributed by atoms with Gasteiger partial charge in [-0.3, -0.25) is 9.78 Å². The first-order chi connectivity index (χ1) is 14.8. The summed E-state index contributed by atoms with van der Waals surface area (Å²) in [4.78, 5) is 20.0. The smallest absolute Gasteiger partial charge is 0.383 e. The lowest BCUT2D eigenvalue weighted by molar-refractivity contribution is -0.137. The van der Waals surface area contributed by atoms with E-state index in [1.54, 1.807) is 7.11 Å². The molecule has 0 unspecified atom stereocenters. The Labute approximate surface area is 180 Å². The van der Waals surface area contributed by atoms with Crippen molar-refractivity contribution in [1.29, 1.82) is 0 Å². The molecule has 1 amide bonds. The summed E-state index contributed by atoms with van der Waals surface area (Å²) in [5, 5.41) is 2.99. The Bertz CT molecular complexity index is 874. The predicted molar refractivity (Wildman–Crippen MR) is 113 cm³/mol. The number of alkyl halides is 3. The van der Waals surface area contributed by atoms with Crippen LogP contribution < -0.4 is 15.1 Å². The lowest BCUT2D eigenvalue weighted by Crippen LogP contribution is -2.38. The fraction of sp³-hybridized carbons (Fsp3) is 0.455. The van der Waals surface area contributed by atoms with E-state index in [-0.39, 0.29) is 18.4 Å². The molecule has 31 heavy (non-hydrogen) atoms. The van der Waals surface area contributed by atoms with Gasteiger partial charge in [0.25, 0.3) is 0 Å². The van der Waals surface area contributed by atoms with Gasteiger partial charge in [-0.15, -0.1) is 0 Å². The summed E-state index contributed by atoms with van der Waals surface area (Å²) in [5.74, 6) is -0.102. The second-order valence-corrected chi connectivity index (χ2v) is 7.69. The standard InChI is InChI=1S/C22H27F3N4O2/c1-28(9-10-31-2)19-5-3-16(4-6-19)11-21(30)27-18-7-8-29(15-18)20-12-17(13-26-14-20)22(23,24)25/h3-6,12-14,18H,7-11,15H2,1-2H3,(H,27,30)/t18-/m1/s1. The number of rotatable bonds is 8. The van der Waals surface area contributed by atoms with Gasteiger partial charge in [-0.05, 0) is 30.2 Å². The average molecular weight is 436 g/mol. The predicted octanol–water partition coefficient (Wildman–Crippen LogP) is 3.12. The number of nitrogens with one attached hydrogen (secondary N) is 1. The third kappa shape index (κ3) is 6.33. The molecule has 2 aromatic rings. The fourth-order valence-corrected chi connectivity index (χ4v) is 3.56. The van der Waals surface area contributed by atoms with E-state index in [2.05, 4.69) is 15.2 Å². The van der Waals surface area contributed by atoms with Gasteiger partial charge in [-0.2, -0.15) is 13.2 Å². The van der Waals surface area contributed by atoms with Gasteiger partial charge in [0, 0.05) is 51.7 Å². The van der Waals surface area contributed by atoms with E-state index < -0.39 is 11.7 Å². The maximum atomic E-state index is 12.9. The first kappa shape index (κ1) is 22.9. The summed E-state index contributed by atoms with van der Waals surface area (Å²) in [6.07, 6.45) is -1.26. The molecule has 1 aliphatic heterocycles. The summed E-state index contributed by atoms with van der Waals surface area (Å²) in [6, 6.07) is 8.77. The molecule has 1 N–H and O–H groups in total. The average Bonchev–Trinajstić information content (AvgIpc) is 3.20. The second kappa shape index (κ2) is 10.00. The minimum absolute atomic E-state index is 0.102. The summed E-state index contributed by atoms with van der Waals surface area (Å²) in [5.41, 5.74) is 1.59. The summed E-state index contributed by atoms with van der Waals surface area (Å²) in [7, 11) is 3.64. The molecule has 0 bridgehead atoms. The lowest BCUT2D eigenvalue weighted by atomic mass is 10.1. The maximum absolute atomic E-state index is 12.9. The van der Waals surface area contributed by atoms with Crippen molar-refractivity contribution in [3.63, 3.8) is 0 Å². The molecule has 1 fully saturated rings. The first-order valence-electron chi connectivity index (χ1n) is 10.1. The molecule has 3 rings (SSSR count). The van der Waals surface area contributed by atoms with E-state index in [0.29, 0.717) is 31.8 Å². The number of methoxy groups -OCH3 is 1. The molecular formula is C22H27F3N4O2. The highest BCUT2D eigenvalue weighted by Gasteiger charge is 2.32. The summed E-state index contributed by atoms with van der Waals surface area (Å²) in [6.45, 7) is 2.43. The highest BCUT2D eigenvalue weighted by molar-refractivity contribution is 5.79. The number of pyridine rings is 1. The van der Waals surface area contributed by atoms with Gasteiger partial charge >= 0.3 is 6.18 Å². The Hall–Kier alpha value is -2.81. The van der Waals surface area contributed by atoms with Gasteiger partial charge in [-0.25, -0.2) is 0 Å². The van der Waals surface area contributed by atoms with Crippen molar-refractivity contribution in [2.45, 2.75) is 25.1 Å². The van der Waals surface area contributed by atoms with Crippen LogP contribution in [0.2, 0.25) is 0 Å². The number of aromatic nitrogens is 1. The Morgan fingerprint density at radius 3 is 2.71 bits per heavy atom. The number of hydrogen-bond donors (Lipinski definition) is 1. The number of anilines is 2. The molecule has 0 spiro atoms. The molecular weight excluding hydrogens is 409 g/mol. The highest BCUT2D eigenvalue weighted by atomic mass is 19.4. The Morgan fingerprint density at radius 2 is 2.03 bits per heavy atom. The zero-order valence-corrected chi connectivity index (χ0v) is 17.7. The van der Waals surface area contributed by atoms with E-state index in [0.717, 1.165) is 30.1 Å². The maximum Gasteiger partial charge on any atom is 0.417 e. The molecule has 0 radical (unpaired) electrons. The number of hydrogen-bond acceptors (Lipinski definition) is 5. The van der Waals surface area contributed by atoms with Crippen LogP contribution in [0.25, 0.3) is 0 Å². The molecule has 9 heteroatoms. The van der Waals surface area contributed by atoms with Crippen molar-refractivity contribution in [3.8, 4) is 0 Å². The second-order valence-electron chi connectivity index (χ2n) is 7.69. The molecule has 1 aromatic carbocycles. The molecule has 2 heterocycles. The minimum Gasteiger partial charge on any atom is -0.383 e. The van der Waals surface area contributed by atoms with Crippen LogP contribution in [-0.4, -0.2) is 57.3 Å². The van der Waals surface area contributed by atoms with Crippen LogP contribution in [0.4, 0.5) is 24.5 Å². The monoisotopic (exact) mass is 436 g/mol. The lowest BCUT2D eigenvalue weighted by Gasteiger charge is -2.20. The van der Waals surface area contributed by atoms with Crippen molar-refractivity contribution in [2.75, 3.05) is 50.2 Å². The van der Waals surface area contributed by atoms with Gasteiger partial charge in [0.05, 0.1) is 30.5 Å². The Kier molecular flexibility index (Phi) is 7.37. The molecule has 1 aliphatic rings. The molecule has 0 aliphatic carbocycles. The number of carbonyl (C=O) groups excluding carboxylic acids is 1. The van der Waals surface area contributed by atoms with Crippen LogP contribution in [0.5, 0.6) is 0 Å². The Balaban J connectivity index is 1.51. The van der Waals surface area contributed by atoms with Crippen LogP contribution in [0.1, 0.15) is 17.5 Å². The fourth-order valence-electron chi connectivity index (χ4n) is 3.56. The van der Waals surface area contributed by atoms with Gasteiger partial charge in [0.2, 0.25) is 5.91 Å². The van der Waals surface area contributed by atoms with E-state index in [1.165, 1.54) is 6.20 Å². The van der Waals surface area contributed by atoms with E-state index in [9.17, 15) is 18.0 Å². The third-order valence-electron chi connectivity index (χ3n) is 5.34. The molecule has 1 atom stereocenters. The normalized spacial score (nSPS) is 16.4. The van der Waals surface area contributed by atoms with Gasteiger partial charge in [0.15, 0.2) is 0 Å². The van der Waals surface area contributed by atoms with Gasteiger partial charge < -0.3 is 19.9 Å². The molecule has 168 valence electrons. The van der Waals surface area contributed by atoms with Crippen LogP contribution in [0, 0.1) is 0 Å². The topological polar surface area (TPSA) is 57.7 Å². The number of carbonyl (C=O) groups is 1. The molecule has 1 aromatic heterocycles. The van der Waals surface area contributed by atoms with E-state index >= 15 is 0 Å². The van der Waals surface area contributed by atoms with Crippen molar-refractivity contribution in [2.24, 2.45) is 0 Å². The molecule has 6 nitrogen and oxygen atoms in total. The van der Waals surface area contributed by atoms with Crippen molar-refractivity contribution < 1.29 is 22.7 Å². The van der Waals surface area contributed by atoms with Crippen LogP contribution in [-0.2, 0) is 22.1 Å². The SMILES string of the molecule is COCCN(C)c1ccc(CC(=O)N[C@@H]2CCN(c3cncc(C(F)(F)F)c3)C2)cc1. The van der Waals surface area contributed by atoms with Crippen LogP contribution >= 0.6 is 0 Å². The number of benzene rings is 1. The molecule has 1 saturated heterocycles. The quantitative estimate of drug-likeness (QED) is 0.689. The summed E-state index contributed by atoms with van der Waals surface area (Å²) < 4.78 is 43.8. The third-order valence-corrected chi connectivity index (χ3v) is 5.34. The first-order valence-corrected chi connectivity index (χ1v) is 10.1. The number of likely N-dealkylation sites (N-methyl/N-ethyl adjacent to an activating group) is 1. The van der Waals surface area contributed by atoms with E-state index in [4.69, 9.17) is 4.74 Å². The number of ether oxygens (including phenoxy) is 1. The van der Waals surface area contributed by atoms with Crippen molar-refractivity contribution >= 4 is 17.3 Å². The van der Waals surface area contributed by atoms with Crippen LogP contribution in [0.15, 0.2) is 42.7 Å². The minimum atomic E-state index is -4.43. The molecule has 0 saturated carbocycles. The largest absolute Gasteiger partial charge is 0.417 e. The zero-order valence-electron chi connectivity index (χ0n) is 17.7. The van der Waals surface area contributed by atoms with Crippen molar-refractivity contribution in [1.82, 2.24) is 10.3 Å². The zero-order chi connectivity index (χ0) is 22.4. The number of halogens is 3. The van der Waals surface area contributed by atoms with Gasteiger partial charge in [0.1, 0.15) is 0 Å². The van der Waals surface area contributed by atoms with Gasteiger partial charge in [-0.1, -0.05) is 12.1 Å². The van der Waals surface area contributed by atoms with Crippen molar-refractivity contribution in [3.05, 3.63) is 53.9 Å². The number of nitrogens with zero attached hydrogens (tertiary/aromatic N) is 3. The number of amides is 1.